The summed E-state index contributed by atoms with van der Waals surface area (Å²) < 4.78 is 38.6. The highest BCUT2D eigenvalue weighted by atomic mass is 19.4. The van der Waals surface area contributed by atoms with E-state index in [0.29, 0.717) is 0 Å². The quantitative estimate of drug-likeness (QED) is 0.255. The van der Waals surface area contributed by atoms with Gasteiger partial charge in [-0.05, 0) is 63.9 Å². The number of fused-ring (bicyclic) bond motifs is 2. The van der Waals surface area contributed by atoms with Gasteiger partial charge in [0.25, 0.3) is 0 Å². The van der Waals surface area contributed by atoms with Crippen LogP contribution in [-0.4, -0.2) is 9.97 Å². The molecular weight excluding hydrogens is 457 g/mol. The zero-order valence-electron chi connectivity index (χ0n) is 19.0. The van der Waals surface area contributed by atoms with Gasteiger partial charge in [-0.3, -0.25) is 9.97 Å². The van der Waals surface area contributed by atoms with Gasteiger partial charge in [0.05, 0.1) is 16.8 Å². The smallest absolute Gasteiger partial charge is 0.256 e. The second-order valence-electron chi connectivity index (χ2n) is 8.66. The van der Waals surface area contributed by atoms with Crippen molar-refractivity contribution in [3.8, 4) is 33.5 Å². The van der Waals surface area contributed by atoms with Crippen LogP contribution in [-0.2, 0) is 6.18 Å². The first-order valence-corrected chi connectivity index (χ1v) is 11.5. The second kappa shape index (κ2) is 8.61. The largest absolute Gasteiger partial charge is 0.416 e. The van der Waals surface area contributed by atoms with Gasteiger partial charge in [-0.1, -0.05) is 66.7 Å². The molecule has 2 heterocycles. The molecule has 0 unspecified atom stereocenters. The topological polar surface area (TPSA) is 25.8 Å². The minimum absolute atomic E-state index is 0.645. The summed E-state index contributed by atoms with van der Waals surface area (Å²) in [5.74, 6) is 0. The number of halogens is 3. The first kappa shape index (κ1) is 22.0. The number of aromatic nitrogens is 2. The molecule has 0 N–H and O–H groups in total. The lowest BCUT2D eigenvalue weighted by Gasteiger charge is -2.10. The highest BCUT2D eigenvalue weighted by Crippen LogP contribution is 2.33. The van der Waals surface area contributed by atoms with Crippen LogP contribution in [0.4, 0.5) is 13.2 Å². The fourth-order valence-corrected chi connectivity index (χ4v) is 4.49. The molecule has 0 saturated heterocycles. The lowest BCUT2D eigenvalue weighted by Crippen LogP contribution is -2.03. The molecule has 0 atom stereocenters. The van der Waals surface area contributed by atoms with Crippen molar-refractivity contribution in [2.75, 3.05) is 0 Å². The maximum absolute atomic E-state index is 12.9. The summed E-state index contributed by atoms with van der Waals surface area (Å²) in [6.07, 6.45) is -0.676. The average Bonchev–Trinajstić information content (AvgIpc) is 2.92. The summed E-state index contributed by atoms with van der Waals surface area (Å²) >= 11 is 0. The Labute approximate surface area is 205 Å². The lowest BCUT2D eigenvalue weighted by atomic mass is 9.97. The number of benzene rings is 4. The van der Waals surface area contributed by atoms with E-state index in [0.717, 1.165) is 67.3 Å². The summed E-state index contributed by atoms with van der Waals surface area (Å²) in [5.41, 5.74) is 5.80. The van der Waals surface area contributed by atoms with Crippen LogP contribution in [0.1, 0.15) is 5.56 Å². The van der Waals surface area contributed by atoms with Gasteiger partial charge in [-0.15, -0.1) is 0 Å². The molecule has 0 radical (unpaired) electrons. The average molecular weight is 477 g/mol. The first-order valence-electron chi connectivity index (χ1n) is 11.5. The number of para-hydroxylation sites is 1. The molecule has 174 valence electrons. The first-order chi connectivity index (χ1) is 17.5. The van der Waals surface area contributed by atoms with Gasteiger partial charge in [0, 0.05) is 28.9 Å². The molecule has 36 heavy (non-hydrogen) atoms. The number of nitrogens with zero attached hydrogens (tertiary/aromatic N) is 2. The van der Waals surface area contributed by atoms with Crippen molar-refractivity contribution in [2.24, 2.45) is 0 Å². The van der Waals surface area contributed by atoms with Crippen LogP contribution in [0.2, 0.25) is 0 Å². The molecule has 0 bridgehead atoms. The van der Waals surface area contributed by atoms with Crippen LogP contribution >= 0.6 is 0 Å². The number of alkyl halides is 3. The van der Waals surface area contributed by atoms with Crippen molar-refractivity contribution < 1.29 is 13.2 Å². The number of rotatable bonds is 3. The summed E-state index contributed by atoms with van der Waals surface area (Å²) in [5, 5.41) is 3.14. The van der Waals surface area contributed by atoms with Crippen LogP contribution < -0.4 is 0 Å². The zero-order valence-corrected chi connectivity index (χ0v) is 19.0. The molecule has 0 fully saturated rings. The van der Waals surface area contributed by atoms with Crippen molar-refractivity contribution >= 4 is 21.7 Å². The van der Waals surface area contributed by atoms with Gasteiger partial charge < -0.3 is 0 Å². The third kappa shape index (κ3) is 4.09. The van der Waals surface area contributed by atoms with E-state index in [4.69, 9.17) is 4.98 Å². The molecule has 0 amide bonds. The molecule has 0 aliphatic rings. The van der Waals surface area contributed by atoms with E-state index in [1.807, 2.05) is 72.9 Å². The summed E-state index contributed by atoms with van der Waals surface area (Å²) in [4.78, 5) is 9.24. The minimum Gasteiger partial charge on any atom is -0.256 e. The van der Waals surface area contributed by atoms with Gasteiger partial charge in [-0.2, -0.15) is 13.2 Å². The van der Waals surface area contributed by atoms with E-state index in [1.165, 1.54) is 12.1 Å². The maximum atomic E-state index is 12.9. The second-order valence-corrected chi connectivity index (χ2v) is 8.66. The van der Waals surface area contributed by atoms with Gasteiger partial charge in [0.15, 0.2) is 0 Å². The molecule has 6 aromatic rings. The lowest BCUT2D eigenvalue weighted by molar-refractivity contribution is -0.137. The standard InChI is InChI=1S/C31H19F3N2/c32-31(33,34)27-13-10-20(11-14-27)22-6-7-24-18-25(9-8-23(24)17-22)26-12-15-29(36-19-26)28-5-1-3-21-4-2-16-35-30(21)28/h1-19H. The normalized spacial score (nSPS) is 11.8. The monoisotopic (exact) mass is 476 g/mol. The number of hydrogen-bond acceptors (Lipinski definition) is 2. The van der Waals surface area contributed by atoms with Crippen molar-refractivity contribution in [1.29, 1.82) is 0 Å². The highest BCUT2D eigenvalue weighted by molar-refractivity contribution is 5.93. The predicted octanol–water partition coefficient (Wildman–Crippen LogP) is 8.80. The number of hydrogen-bond donors (Lipinski definition) is 0. The molecule has 5 heteroatoms. The van der Waals surface area contributed by atoms with E-state index >= 15 is 0 Å². The third-order valence-corrected chi connectivity index (χ3v) is 6.39. The van der Waals surface area contributed by atoms with Crippen LogP contribution in [0.25, 0.3) is 55.2 Å². The van der Waals surface area contributed by atoms with Crippen LogP contribution in [0.5, 0.6) is 0 Å². The van der Waals surface area contributed by atoms with Gasteiger partial charge in [0.2, 0.25) is 0 Å². The van der Waals surface area contributed by atoms with Crippen molar-refractivity contribution in [1.82, 2.24) is 9.97 Å². The highest BCUT2D eigenvalue weighted by Gasteiger charge is 2.29. The van der Waals surface area contributed by atoms with Gasteiger partial charge in [-0.25, -0.2) is 0 Å². The SMILES string of the molecule is FC(F)(F)c1ccc(-c2ccc3cc(-c4ccc(-c5cccc6cccnc56)nc4)ccc3c2)cc1. The van der Waals surface area contributed by atoms with E-state index in [-0.39, 0.29) is 0 Å². The van der Waals surface area contributed by atoms with Crippen molar-refractivity contribution in [3.63, 3.8) is 0 Å². The molecule has 4 aromatic carbocycles. The number of pyridine rings is 2. The van der Waals surface area contributed by atoms with Crippen LogP contribution in [0.3, 0.4) is 0 Å². The summed E-state index contributed by atoms with van der Waals surface area (Å²) in [6.45, 7) is 0. The summed E-state index contributed by atoms with van der Waals surface area (Å²) in [7, 11) is 0. The summed E-state index contributed by atoms with van der Waals surface area (Å²) in [6, 6.07) is 31.5. The Kier molecular flexibility index (Phi) is 5.26. The molecule has 0 aliphatic heterocycles. The van der Waals surface area contributed by atoms with Crippen LogP contribution in [0.15, 0.2) is 116 Å². The Hall–Kier alpha value is -4.51. The van der Waals surface area contributed by atoms with E-state index in [2.05, 4.69) is 17.1 Å². The van der Waals surface area contributed by atoms with Crippen molar-refractivity contribution in [3.05, 3.63) is 121 Å². The molecule has 2 nitrogen and oxygen atoms in total. The van der Waals surface area contributed by atoms with E-state index in [9.17, 15) is 13.2 Å². The predicted molar refractivity (Wildman–Crippen MR) is 138 cm³/mol. The van der Waals surface area contributed by atoms with Crippen molar-refractivity contribution in [2.45, 2.75) is 6.18 Å². The molecule has 0 saturated carbocycles. The Morgan fingerprint density at radius 3 is 1.83 bits per heavy atom. The molecule has 0 spiro atoms. The fourth-order valence-electron chi connectivity index (χ4n) is 4.49. The van der Waals surface area contributed by atoms with Crippen LogP contribution in [0, 0.1) is 0 Å². The Morgan fingerprint density at radius 2 is 1.17 bits per heavy atom. The Morgan fingerprint density at radius 1 is 0.528 bits per heavy atom. The molecule has 0 aliphatic carbocycles. The molecule has 2 aromatic heterocycles. The fraction of sp³-hybridized carbons (Fsp3) is 0.0323. The van der Waals surface area contributed by atoms with Gasteiger partial charge in [0.1, 0.15) is 0 Å². The molecular formula is C31H19F3N2. The molecule has 6 rings (SSSR count). The zero-order chi connectivity index (χ0) is 24.7. The Bertz CT molecular complexity index is 1700. The third-order valence-electron chi connectivity index (χ3n) is 6.39. The Balaban J connectivity index is 1.29. The minimum atomic E-state index is -4.34. The van der Waals surface area contributed by atoms with E-state index in [1.54, 1.807) is 6.20 Å². The maximum Gasteiger partial charge on any atom is 0.416 e. The van der Waals surface area contributed by atoms with Gasteiger partial charge >= 0.3 is 6.18 Å². The van der Waals surface area contributed by atoms with E-state index < -0.39 is 11.7 Å².